The summed E-state index contributed by atoms with van der Waals surface area (Å²) in [6.07, 6.45) is 5.32. The smallest absolute Gasteiger partial charge is 0.135 e. The highest BCUT2D eigenvalue weighted by Crippen LogP contribution is 2.45. The topological polar surface area (TPSA) is 37.8 Å². The molecule has 3 nitrogen and oxygen atoms in total. The molecule has 0 unspecified atom stereocenters. The van der Waals surface area contributed by atoms with Gasteiger partial charge in [-0.05, 0) is 32.4 Å². The van der Waals surface area contributed by atoms with Crippen molar-refractivity contribution in [1.29, 1.82) is 0 Å². The summed E-state index contributed by atoms with van der Waals surface area (Å²) in [4.78, 5) is 8.98. The number of aryl methyl sites for hydroxylation is 1. The molecular formula is C11H17N3. The zero-order chi connectivity index (χ0) is 10.0. The van der Waals surface area contributed by atoms with Gasteiger partial charge in [-0.15, -0.1) is 0 Å². The highest BCUT2D eigenvalue weighted by atomic mass is 15.0. The van der Waals surface area contributed by atoms with Crippen LogP contribution in [0.15, 0.2) is 12.3 Å². The number of aromatic nitrogens is 2. The van der Waals surface area contributed by atoms with Crippen LogP contribution in [0.5, 0.6) is 0 Å². The van der Waals surface area contributed by atoms with Crippen LogP contribution in [-0.4, -0.2) is 23.6 Å². The van der Waals surface area contributed by atoms with Gasteiger partial charge >= 0.3 is 0 Å². The summed E-state index contributed by atoms with van der Waals surface area (Å²) in [6.45, 7) is 3.13. The molecule has 1 aliphatic rings. The van der Waals surface area contributed by atoms with Crippen LogP contribution in [-0.2, 0) is 11.8 Å². The summed E-state index contributed by atoms with van der Waals surface area (Å²) in [6, 6.07) is 2.00. The monoisotopic (exact) mass is 191 g/mol. The van der Waals surface area contributed by atoms with E-state index in [9.17, 15) is 0 Å². The standard InChI is InChI=1S/C11H17N3/c1-3-9-4-7-13-10(14-9)11(5-6-11)8-12-2/h4,7,12H,3,5-6,8H2,1-2H3. The highest BCUT2D eigenvalue weighted by Gasteiger charge is 2.46. The van der Waals surface area contributed by atoms with Gasteiger partial charge in [-0.2, -0.15) is 0 Å². The van der Waals surface area contributed by atoms with Crippen molar-refractivity contribution in [3.05, 3.63) is 23.8 Å². The van der Waals surface area contributed by atoms with Crippen LogP contribution in [0.25, 0.3) is 0 Å². The summed E-state index contributed by atoms with van der Waals surface area (Å²) in [5.74, 6) is 1.03. The Labute approximate surface area is 85.0 Å². The summed E-state index contributed by atoms with van der Waals surface area (Å²) >= 11 is 0. The van der Waals surface area contributed by atoms with Crippen LogP contribution in [0.4, 0.5) is 0 Å². The molecule has 1 aromatic rings. The van der Waals surface area contributed by atoms with E-state index in [0.29, 0.717) is 0 Å². The van der Waals surface area contributed by atoms with E-state index in [-0.39, 0.29) is 5.41 Å². The Balaban J connectivity index is 2.23. The van der Waals surface area contributed by atoms with Gasteiger partial charge in [0.1, 0.15) is 5.82 Å². The van der Waals surface area contributed by atoms with E-state index in [4.69, 9.17) is 0 Å². The zero-order valence-corrected chi connectivity index (χ0v) is 8.88. The predicted octanol–water partition coefficient (Wildman–Crippen LogP) is 1.29. The van der Waals surface area contributed by atoms with Crippen molar-refractivity contribution in [2.75, 3.05) is 13.6 Å². The summed E-state index contributed by atoms with van der Waals surface area (Å²) < 4.78 is 0. The number of likely N-dealkylation sites (N-methyl/N-ethyl adjacent to an activating group) is 1. The normalized spacial score (nSPS) is 18.1. The van der Waals surface area contributed by atoms with E-state index in [1.165, 1.54) is 12.8 Å². The maximum atomic E-state index is 4.59. The molecule has 0 spiro atoms. The molecule has 76 valence electrons. The Bertz CT molecular complexity index is 318. The van der Waals surface area contributed by atoms with Crippen molar-refractivity contribution < 1.29 is 0 Å². The summed E-state index contributed by atoms with van der Waals surface area (Å²) in [5, 5.41) is 3.23. The molecule has 14 heavy (non-hydrogen) atoms. The number of hydrogen-bond acceptors (Lipinski definition) is 3. The van der Waals surface area contributed by atoms with Crippen molar-refractivity contribution in [1.82, 2.24) is 15.3 Å². The molecule has 1 aromatic heterocycles. The SMILES string of the molecule is CCc1ccnc(C2(CNC)CC2)n1. The molecule has 1 heterocycles. The van der Waals surface area contributed by atoms with Crippen molar-refractivity contribution in [3.8, 4) is 0 Å². The molecule has 1 fully saturated rings. The maximum absolute atomic E-state index is 4.59. The minimum atomic E-state index is 0.250. The lowest BCUT2D eigenvalue weighted by molar-refractivity contribution is 0.584. The van der Waals surface area contributed by atoms with Gasteiger partial charge in [0, 0.05) is 23.9 Å². The third-order valence-corrected chi connectivity index (χ3v) is 2.92. The first-order valence-electron chi connectivity index (χ1n) is 5.28. The third-order valence-electron chi connectivity index (χ3n) is 2.92. The molecule has 3 heteroatoms. The molecule has 0 saturated heterocycles. The molecule has 1 N–H and O–H groups in total. The van der Waals surface area contributed by atoms with Gasteiger partial charge in [0.15, 0.2) is 0 Å². The number of rotatable bonds is 4. The van der Waals surface area contributed by atoms with E-state index in [1.54, 1.807) is 0 Å². The largest absolute Gasteiger partial charge is 0.319 e. The number of hydrogen-bond donors (Lipinski definition) is 1. The van der Waals surface area contributed by atoms with Gasteiger partial charge in [0.25, 0.3) is 0 Å². The zero-order valence-electron chi connectivity index (χ0n) is 8.88. The fraction of sp³-hybridized carbons (Fsp3) is 0.636. The average Bonchev–Trinajstić information content (AvgIpc) is 3.00. The second kappa shape index (κ2) is 3.65. The van der Waals surface area contributed by atoms with Crippen LogP contribution in [0, 0.1) is 0 Å². The first-order chi connectivity index (χ1) is 6.80. The number of nitrogens with one attached hydrogen (secondary N) is 1. The van der Waals surface area contributed by atoms with Crippen molar-refractivity contribution in [3.63, 3.8) is 0 Å². The molecule has 0 amide bonds. The Hall–Kier alpha value is -0.960. The second-order valence-electron chi connectivity index (χ2n) is 4.04. The second-order valence-corrected chi connectivity index (χ2v) is 4.04. The number of nitrogens with zero attached hydrogens (tertiary/aromatic N) is 2. The minimum Gasteiger partial charge on any atom is -0.319 e. The first kappa shape index (κ1) is 9.59. The minimum absolute atomic E-state index is 0.250. The van der Waals surface area contributed by atoms with Crippen molar-refractivity contribution in [2.24, 2.45) is 0 Å². The molecule has 0 bridgehead atoms. The van der Waals surface area contributed by atoms with Crippen LogP contribution >= 0.6 is 0 Å². The molecule has 0 radical (unpaired) electrons. The van der Waals surface area contributed by atoms with Gasteiger partial charge < -0.3 is 5.32 Å². The van der Waals surface area contributed by atoms with E-state index >= 15 is 0 Å². The van der Waals surface area contributed by atoms with Crippen molar-refractivity contribution >= 4 is 0 Å². The molecule has 0 aromatic carbocycles. The Morgan fingerprint density at radius 2 is 2.29 bits per heavy atom. The van der Waals surface area contributed by atoms with Gasteiger partial charge in [0.05, 0.1) is 0 Å². The van der Waals surface area contributed by atoms with Gasteiger partial charge in [-0.1, -0.05) is 6.92 Å². The maximum Gasteiger partial charge on any atom is 0.135 e. The van der Waals surface area contributed by atoms with Crippen LogP contribution in [0.2, 0.25) is 0 Å². The van der Waals surface area contributed by atoms with Crippen LogP contribution < -0.4 is 5.32 Å². The van der Waals surface area contributed by atoms with E-state index in [2.05, 4.69) is 22.2 Å². The van der Waals surface area contributed by atoms with E-state index in [1.807, 2.05) is 19.3 Å². The Kier molecular flexibility index (Phi) is 2.50. The van der Waals surface area contributed by atoms with Crippen LogP contribution in [0.1, 0.15) is 31.3 Å². The fourth-order valence-corrected chi connectivity index (χ4v) is 1.82. The molecular weight excluding hydrogens is 174 g/mol. The molecule has 1 aliphatic carbocycles. The lowest BCUT2D eigenvalue weighted by atomic mass is 10.1. The Morgan fingerprint density at radius 3 is 2.86 bits per heavy atom. The van der Waals surface area contributed by atoms with E-state index in [0.717, 1.165) is 24.5 Å². The van der Waals surface area contributed by atoms with Crippen molar-refractivity contribution in [2.45, 2.75) is 31.6 Å². The highest BCUT2D eigenvalue weighted by molar-refractivity contribution is 5.20. The molecule has 2 rings (SSSR count). The van der Waals surface area contributed by atoms with E-state index < -0.39 is 0 Å². The third kappa shape index (κ3) is 1.64. The summed E-state index contributed by atoms with van der Waals surface area (Å²) in [5.41, 5.74) is 1.40. The average molecular weight is 191 g/mol. The lowest BCUT2D eigenvalue weighted by Crippen LogP contribution is -2.25. The Morgan fingerprint density at radius 1 is 1.50 bits per heavy atom. The van der Waals surface area contributed by atoms with Gasteiger partial charge in [-0.3, -0.25) is 0 Å². The quantitative estimate of drug-likeness (QED) is 0.779. The first-order valence-corrected chi connectivity index (χ1v) is 5.28. The lowest BCUT2D eigenvalue weighted by Gasteiger charge is -2.13. The fourth-order valence-electron chi connectivity index (χ4n) is 1.82. The predicted molar refractivity (Wildman–Crippen MR) is 56.2 cm³/mol. The van der Waals surface area contributed by atoms with Gasteiger partial charge in [-0.25, -0.2) is 9.97 Å². The molecule has 1 saturated carbocycles. The molecule has 0 aliphatic heterocycles. The summed E-state index contributed by atoms with van der Waals surface area (Å²) in [7, 11) is 1.99. The van der Waals surface area contributed by atoms with Crippen LogP contribution in [0.3, 0.4) is 0 Å². The molecule has 0 atom stereocenters. The van der Waals surface area contributed by atoms with Gasteiger partial charge in [0.2, 0.25) is 0 Å².